The molecule has 0 spiro atoms. The second kappa shape index (κ2) is 10.6. The number of amides is 1. The Balaban J connectivity index is 1.42. The number of carbonyl (C=O) groups is 1. The van der Waals surface area contributed by atoms with Gasteiger partial charge in [-0.3, -0.25) is 9.78 Å². The van der Waals surface area contributed by atoms with Gasteiger partial charge >= 0.3 is 0 Å². The van der Waals surface area contributed by atoms with Gasteiger partial charge in [0.25, 0.3) is 5.91 Å². The lowest BCUT2D eigenvalue weighted by Gasteiger charge is -2.13. The Morgan fingerprint density at radius 1 is 1.00 bits per heavy atom. The molecule has 0 aliphatic carbocycles. The number of hydrogen-bond donors (Lipinski definition) is 1. The van der Waals surface area contributed by atoms with Gasteiger partial charge < -0.3 is 19.5 Å². The summed E-state index contributed by atoms with van der Waals surface area (Å²) in [5, 5.41) is 5.85. The van der Waals surface area contributed by atoms with Gasteiger partial charge in [0.05, 0.1) is 17.8 Å². The van der Waals surface area contributed by atoms with Crippen molar-refractivity contribution in [2.24, 2.45) is 0 Å². The number of nitrogens with one attached hydrogen (secondary N) is 1. The quantitative estimate of drug-likeness (QED) is 0.366. The molecule has 0 fully saturated rings. The fourth-order valence-corrected chi connectivity index (χ4v) is 3.67. The highest BCUT2D eigenvalue weighted by Gasteiger charge is 2.11. The minimum Gasteiger partial charge on any atom is -0.493 e. The largest absolute Gasteiger partial charge is 0.493 e. The summed E-state index contributed by atoms with van der Waals surface area (Å²) in [7, 11) is 1.57. The summed E-state index contributed by atoms with van der Waals surface area (Å²) in [6.45, 7) is 2.66. The number of anilines is 1. The van der Waals surface area contributed by atoms with Crippen LogP contribution in [-0.2, 0) is 13.2 Å². The number of aromatic nitrogens is 2. The average Bonchev–Trinajstić information content (AvgIpc) is 3.27. The van der Waals surface area contributed by atoms with Crippen LogP contribution in [0.1, 0.15) is 26.6 Å². The summed E-state index contributed by atoms with van der Waals surface area (Å²) in [5.74, 6) is 1.46. The van der Waals surface area contributed by atoms with Crippen LogP contribution in [0, 0.1) is 6.92 Å². The zero-order chi connectivity index (χ0) is 23.0. The van der Waals surface area contributed by atoms with E-state index in [9.17, 15) is 4.79 Å². The van der Waals surface area contributed by atoms with Gasteiger partial charge in [-0.25, -0.2) is 4.98 Å². The van der Waals surface area contributed by atoms with Crippen LogP contribution in [0.4, 0.5) is 5.69 Å². The highest BCUT2D eigenvalue weighted by atomic mass is 32.1. The Kier molecular flexibility index (Phi) is 7.16. The van der Waals surface area contributed by atoms with Crippen molar-refractivity contribution in [1.82, 2.24) is 9.97 Å². The molecule has 0 radical (unpaired) electrons. The number of rotatable bonds is 9. The molecule has 4 rings (SSSR count). The van der Waals surface area contributed by atoms with Gasteiger partial charge in [-0.1, -0.05) is 6.07 Å². The molecule has 0 bridgehead atoms. The van der Waals surface area contributed by atoms with Crippen molar-refractivity contribution in [2.75, 3.05) is 12.4 Å². The van der Waals surface area contributed by atoms with Crippen LogP contribution in [0.25, 0.3) is 0 Å². The minimum atomic E-state index is -0.254. The van der Waals surface area contributed by atoms with Crippen LogP contribution in [0.3, 0.4) is 0 Å². The number of hydrogen-bond acceptors (Lipinski definition) is 7. The first-order chi connectivity index (χ1) is 16.1. The average molecular weight is 462 g/mol. The Bertz CT molecular complexity index is 1230. The van der Waals surface area contributed by atoms with Crippen molar-refractivity contribution in [3.63, 3.8) is 0 Å². The highest BCUT2D eigenvalue weighted by molar-refractivity contribution is 7.09. The van der Waals surface area contributed by atoms with Crippen molar-refractivity contribution in [3.8, 4) is 17.2 Å². The maximum absolute atomic E-state index is 12.8. The maximum Gasteiger partial charge on any atom is 0.255 e. The van der Waals surface area contributed by atoms with E-state index in [-0.39, 0.29) is 5.91 Å². The molecule has 4 aromatic rings. The first kappa shape index (κ1) is 22.3. The number of thiazole rings is 1. The van der Waals surface area contributed by atoms with Gasteiger partial charge in [0.15, 0.2) is 11.5 Å². The zero-order valence-corrected chi connectivity index (χ0v) is 19.1. The van der Waals surface area contributed by atoms with E-state index in [0.717, 1.165) is 16.3 Å². The number of carbonyl (C=O) groups excluding carboxylic acids is 1. The van der Waals surface area contributed by atoms with Crippen LogP contribution < -0.4 is 19.5 Å². The zero-order valence-electron chi connectivity index (χ0n) is 18.3. The number of pyridine rings is 1. The van der Waals surface area contributed by atoms with E-state index in [1.54, 1.807) is 67.2 Å². The first-order valence-electron chi connectivity index (χ1n) is 10.3. The van der Waals surface area contributed by atoms with Crippen molar-refractivity contribution in [3.05, 3.63) is 94.2 Å². The van der Waals surface area contributed by atoms with E-state index in [2.05, 4.69) is 15.3 Å². The number of ether oxygens (including phenoxy) is 3. The molecule has 8 heteroatoms. The van der Waals surface area contributed by atoms with Crippen molar-refractivity contribution < 1.29 is 19.0 Å². The summed E-state index contributed by atoms with van der Waals surface area (Å²) in [6, 6.07) is 16.1. The number of methoxy groups -OCH3 is 1. The Labute approximate surface area is 196 Å². The molecule has 0 atom stereocenters. The van der Waals surface area contributed by atoms with E-state index in [1.165, 1.54) is 0 Å². The fraction of sp³-hybridized carbons (Fsp3) is 0.160. The predicted octanol–water partition coefficient (Wildman–Crippen LogP) is 5.27. The lowest BCUT2D eigenvalue weighted by atomic mass is 10.2. The van der Waals surface area contributed by atoms with E-state index < -0.39 is 0 Å². The first-order valence-corrected chi connectivity index (χ1v) is 11.1. The van der Waals surface area contributed by atoms with E-state index in [4.69, 9.17) is 14.2 Å². The van der Waals surface area contributed by atoms with Crippen molar-refractivity contribution in [1.29, 1.82) is 0 Å². The molecule has 2 heterocycles. The lowest BCUT2D eigenvalue weighted by molar-refractivity contribution is 0.102. The van der Waals surface area contributed by atoms with E-state index in [1.807, 2.05) is 30.5 Å². The second-order valence-corrected chi connectivity index (χ2v) is 8.20. The number of benzene rings is 2. The molecular weight excluding hydrogens is 438 g/mol. The Morgan fingerprint density at radius 3 is 2.61 bits per heavy atom. The summed E-state index contributed by atoms with van der Waals surface area (Å²) in [4.78, 5) is 21.2. The molecule has 2 aromatic heterocycles. The molecule has 0 saturated carbocycles. The molecule has 1 N–H and O–H groups in total. The smallest absolute Gasteiger partial charge is 0.255 e. The minimum absolute atomic E-state index is 0.254. The fourth-order valence-electron chi connectivity index (χ4n) is 3.07. The molecule has 0 aliphatic rings. The van der Waals surface area contributed by atoms with E-state index >= 15 is 0 Å². The monoisotopic (exact) mass is 461 g/mol. The molecular formula is C25H23N3O4S. The van der Waals surface area contributed by atoms with E-state index in [0.29, 0.717) is 41.7 Å². The molecule has 0 saturated heterocycles. The maximum atomic E-state index is 12.8. The standard InChI is InChI=1S/C25H23N3O4S/c1-17-27-21(16-33-17)15-31-22-5-3-4-19(12-22)25(29)28-20-6-7-23(30-2)24(13-20)32-14-18-8-10-26-11-9-18/h3-13,16H,14-15H2,1-2H3,(H,28,29). The molecule has 0 aliphatic heterocycles. The van der Waals surface area contributed by atoms with Gasteiger partial charge in [-0.15, -0.1) is 11.3 Å². The topological polar surface area (TPSA) is 82.6 Å². The van der Waals surface area contributed by atoms with Gasteiger partial charge in [0.1, 0.15) is 19.0 Å². The van der Waals surface area contributed by atoms with Crippen LogP contribution >= 0.6 is 11.3 Å². The third-order valence-electron chi connectivity index (χ3n) is 4.71. The van der Waals surface area contributed by atoms with Crippen molar-refractivity contribution >= 4 is 22.9 Å². The molecule has 1 amide bonds. The van der Waals surface area contributed by atoms with Crippen LogP contribution in [0.15, 0.2) is 72.4 Å². The summed E-state index contributed by atoms with van der Waals surface area (Å²) in [5.41, 5.74) is 2.92. The molecule has 0 unspecified atom stereocenters. The molecule has 168 valence electrons. The van der Waals surface area contributed by atoms with Gasteiger partial charge in [0.2, 0.25) is 0 Å². The number of nitrogens with zero attached hydrogens (tertiary/aromatic N) is 2. The highest BCUT2D eigenvalue weighted by Crippen LogP contribution is 2.31. The Hall–Kier alpha value is -3.91. The normalized spacial score (nSPS) is 10.5. The van der Waals surface area contributed by atoms with Gasteiger partial charge in [0, 0.05) is 35.1 Å². The third kappa shape index (κ3) is 6.08. The summed E-state index contributed by atoms with van der Waals surface area (Å²) < 4.78 is 17.1. The van der Waals surface area contributed by atoms with Crippen molar-refractivity contribution in [2.45, 2.75) is 20.1 Å². The molecule has 7 nitrogen and oxygen atoms in total. The van der Waals surface area contributed by atoms with Crippen LogP contribution in [0.2, 0.25) is 0 Å². The molecule has 2 aromatic carbocycles. The third-order valence-corrected chi connectivity index (χ3v) is 5.54. The summed E-state index contributed by atoms with van der Waals surface area (Å²) >= 11 is 1.58. The second-order valence-electron chi connectivity index (χ2n) is 7.14. The molecule has 33 heavy (non-hydrogen) atoms. The summed E-state index contributed by atoms with van der Waals surface area (Å²) in [6.07, 6.45) is 3.42. The SMILES string of the molecule is COc1ccc(NC(=O)c2cccc(OCc3csc(C)n3)c2)cc1OCc1ccncc1. The Morgan fingerprint density at radius 2 is 1.85 bits per heavy atom. The lowest BCUT2D eigenvalue weighted by Crippen LogP contribution is -2.12. The van der Waals surface area contributed by atoms with Gasteiger partial charge in [-0.05, 0) is 55.0 Å². The van der Waals surface area contributed by atoms with Crippen LogP contribution in [-0.4, -0.2) is 23.0 Å². The predicted molar refractivity (Wildman–Crippen MR) is 127 cm³/mol. The van der Waals surface area contributed by atoms with Crippen LogP contribution in [0.5, 0.6) is 17.2 Å². The number of aryl methyl sites for hydroxylation is 1. The van der Waals surface area contributed by atoms with Gasteiger partial charge in [-0.2, -0.15) is 0 Å².